The van der Waals surface area contributed by atoms with Crippen molar-refractivity contribution in [3.05, 3.63) is 69.8 Å². The van der Waals surface area contributed by atoms with Gasteiger partial charge in [-0.05, 0) is 40.4 Å². The number of rotatable bonds is 9. The summed E-state index contributed by atoms with van der Waals surface area (Å²) in [5.41, 5.74) is -0.468. The van der Waals surface area contributed by atoms with Crippen molar-refractivity contribution >= 4 is 57.7 Å². The molecule has 18 nitrogen and oxygen atoms in total. The minimum absolute atomic E-state index is 0.00616. The van der Waals surface area contributed by atoms with E-state index >= 15 is 0 Å². The van der Waals surface area contributed by atoms with Crippen LogP contribution in [0.4, 0.5) is 0 Å². The van der Waals surface area contributed by atoms with Crippen molar-refractivity contribution in [1.82, 2.24) is 20.4 Å². The number of amides is 1. The molecule has 0 aromatic heterocycles. The number of hydrogen-bond donors (Lipinski definition) is 5. The molecule has 11 atom stereocenters. The van der Waals surface area contributed by atoms with E-state index in [9.17, 15) is 39.3 Å². The Hall–Kier alpha value is -4.67. The molecule has 6 aliphatic rings. The van der Waals surface area contributed by atoms with Crippen LogP contribution < -0.4 is 15.4 Å². The van der Waals surface area contributed by atoms with Gasteiger partial charge in [-0.25, -0.2) is 0 Å². The molecule has 384 valence electrons. The van der Waals surface area contributed by atoms with Crippen molar-refractivity contribution in [2.24, 2.45) is 34.6 Å². The van der Waals surface area contributed by atoms with E-state index < -0.39 is 101 Å². The first-order chi connectivity index (χ1) is 32.9. The number of ketones is 2. The van der Waals surface area contributed by atoms with Gasteiger partial charge in [0.15, 0.2) is 5.92 Å². The Morgan fingerprint density at radius 3 is 2.29 bits per heavy atom. The number of alkyl halides is 1. The van der Waals surface area contributed by atoms with Crippen LogP contribution >= 0.6 is 22.6 Å². The number of allylic oxidation sites excluding steroid dienone is 4. The number of Topliss-reactive ketones (excluding diaryl/α,β-unsaturated/α-hetero) is 2. The van der Waals surface area contributed by atoms with Gasteiger partial charge in [0.2, 0.25) is 5.78 Å². The number of aromatic hydroxyl groups is 1. The monoisotopic (exact) mass is 1090 g/mol. The first-order valence-corrected chi connectivity index (χ1v) is 25.3. The van der Waals surface area contributed by atoms with E-state index in [1.165, 1.54) is 46.3 Å². The van der Waals surface area contributed by atoms with E-state index in [2.05, 4.69) is 45.0 Å². The smallest absolute Gasteiger partial charge is 0.321 e. The lowest BCUT2D eigenvalue weighted by molar-refractivity contribution is -0.175. The molecule has 1 saturated heterocycles. The van der Waals surface area contributed by atoms with Crippen molar-refractivity contribution in [2.75, 3.05) is 47.1 Å². The number of carbonyl (C=O) groups is 5. The average Bonchev–Trinajstić information content (AvgIpc) is 3.83. The summed E-state index contributed by atoms with van der Waals surface area (Å²) in [7, 11) is 3.18. The SMILES string of the molecule is CCN(C)COC(=O)C(C)C(=O)O[C@H]1[C@H](C)[C@H](O)[C@H](C)[C@@H](O)[C@@H](C)/C=C/C=C(/C)C(=O)NC2=C3NC4(CCN(CC(C)I)CC4)N=C3c3c(c(O)c(C)c4c3C(=O)[C@@](C)(O/C=C/[C@H](OC)[C@H]1C)O4)C2=O. The first kappa shape index (κ1) is 54.7. The molecule has 2 unspecified atom stereocenters. The van der Waals surface area contributed by atoms with Crippen molar-refractivity contribution in [3.63, 3.8) is 0 Å². The van der Waals surface area contributed by atoms with Crippen molar-refractivity contribution in [1.29, 1.82) is 0 Å². The van der Waals surface area contributed by atoms with Gasteiger partial charge in [-0.15, -0.1) is 0 Å². The molecule has 0 saturated carbocycles. The number of carbonyl (C=O) groups excluding carboxylic acids is 5. The van der Waals surface area contributed by atoms with Crippen LogP contribution in [0.1, 0.15) is 107 Å². The van der Waals surface area contributed by atoms with E-state index in [4.69, 9.17) is 28.7 Å². The third kappa shape index (κ3) is 10.9. The number of halogens is 1. The highest BCUT2D eigenvalue weighted by Gasteiger charge is 2.54. The molecule has 0 radical (unpaired) electrons. The maximum absolute atomic E-state index is 14.9. The van der Waals surface area contributed by atoms with Gasteiger partial charge in [0, 0.05) is 90.8 Å². The fourth-order valence-electron chi connectivity index (χ4n) is 9.64. The normalized spacial score (nSPS) is 31.9. The van der Waals surface area contributed by atoms with E-state index in [0.29, 0.717) is 36.4 Å². The van der Waals surface area contributed by atoms with E-state index in [-0.39, 0.29) is 57.4 Å². The summed E-state index contributed by atoms with van der Waals surface area (Å²) in [5.74, 6) is -10.5. The molecule has 19 heteroatoms. The number of esters is 2. The maximum Gasteiger partial charge on any atom is 0.321 e. The van der Waals surface area contributed by atoms with Gasteiger partial charge in [0.05, 0.1) is 47.1 Å². The standard InChI is InChI=1S/C51H70IN5O13/c1-13-56(11)24-67-48(64)32(9)49(65)69-44-28(5)33(66-12)17-22-68-50(10)46(62)36-34-35(42(60)31(8)45(36)70-50)43(61)39(38-37(34)54-51(55-38)18-20-57(21-19-51)23-27(4)52)53-47(63)26(3)16-14-15-25(2)40(58)29(6)41(59)30(44)7/h14-17,22,25,27-30,32-33,40-41,44,55,58-60H,13,18-21,23-24H2,1-12H3,(H,53,63)/b15-14+,22-17+,26-16-/t25-,27?,28+,29+,30+,32?,33-,40-,41+,44+,50-/m0/s1. The summed E-state index contributed by atoms with van der Waals surface area (Å²) in [6.45, 7) is 19.5. The van der Waals surface area contributed by atoms with Crippen molar-refractivity contribution in [3.8, 4) is 11.5 Å². The highest BCUT2D eigenvalue weighted by molar-refractivity contribution is 14.1. The second kappa shape index (κ2) is 22.0. The summed E-state index contributed by atoms with van der Waals surface area (Å²) in [6.07, 6.45) is 4.19. The van der Waals surface area contributed by atoms with Crippen LogP contribution in [0.3, 0.4) is 0 Å². The van der Waals surface area contributed by atoms with Crippen molar-refractivity contribution in [2.45, 2.75) is 122 Å². The number of ether oxygens (including phenoxy) is 5. The summed E-state index contributed by atoms with van der Waals surface area (Å²) < 4.78 is 30.2. The minimum Gasteiger partial charge on any atom is -0.507 e. The van der Waals surface area contributed by atoms with Crippen LogP contribution in [-0.4, -0.2) is 147 Å². The molecule has 5 aliphatic heterocycles. The number of aliphatic hydroxyl groups excluding tert-OH is 2. The maximum atomic E-state index is 14.9. The van der Waals surface area contributed by atoms with Crippen LogP contribution in [0.25, 0.3) is 0 Å². The van der Waals surface area contributed by atoms with Gasteiger partial charge < -0.3 is 54.5 Å². The number of aliphatic hydroxyl groups is 2. The summed E-state index contributed by atoms with van der Waals surface area (Å²) >= 11 is 2.39. The second-order valence-corrected chi connectivity index (χ2v) is 21.8. The molecule has 1 spiro atoms. The van der Waals surface area contributed by atoms with Crippen LogP contribution in [0.15, 0.2) is 52.5 Å². The molecule has 5 heterocycles. The van der Waals surface area contributed by atoms with Gasteiger partial charge in [0.25, 0.3) is 11.7 Å². The Balaban J connectivity index is 1.44. The predicted octanol–water partition coefficient (Wildman–Crippen LogP) is 4.85. The van der Waals surface area contributed by atoms with Crippen molar-refractivity contribution < 1.29 is 63.0 Å². The number of nitrogens with one attached hydrogen (secondary N) is 2. The zero-order valence-electron chi connectivity index (χ0n) is 42.3. The van der Waals surface area contributed by atoms with Gasteiger partial charge in [0.1, 0.15) is 35.7 Å². The van der Waals surface area contributed by atoms with Crippen LogP contribution in [0.2, 0.25) is 0 Å². The molecule has 1 aliphatic carbocycles. The van der Waals surface area contributed by atoms with Crippen LogP contribution in [0, 0.1) is 36.5 Å². The van der Waals surface area contributed by atoms with Crippen LogP contribution in [0.5, 0.6) is 11.5 Å². The number of benzene rings is 1. The number of hydrogen-bond acceptors (Lipinski definition) is 17. The topological polar surface area (TPSA) is 235 Å². The number of piperidine rings is 1. The number of aliphatic imine (C=N–C) groups is 1. The van der Waals surface area contributed by atoms with Gasteiger partial charge >= 0.3 is 17.7 Å². The molecule has 5 bridgehead atoms. The fourth-order valence-corrected chi connectivity index (χ4v) is 10.2. The van der Waals surface area contributed by atoms with Gasteiger partial charge in [-0.3, -0.25) is 33.9 Å². The lowest BCUT2D eigenvalue weighted by atomic mass is 9.78. The number of methoxy groups -OCH3 is 1. The Labute approximate surface area is 424 Å². The Morgan fingerprint density at radius 2 is 1.66 bits per heavy atom. The molecule has 1 fully saturated rings. The predicted molar refractivity (Wildman–Crippen MR) is 268 cm³/mol. The molecule has 7 rings (SSSR count). The van der Waals surface area contributed by atoms with Crippen LogP contribution in [-0.2, 0) is 33.3 Å². The molecule has 1 amide bonds. The van der Waals surface area contributed by atoms with E-state index in [1.54, 1.807) is 58.7 Å². The molecule has 1 aromatic rings. The zero-order chi connectivity index (χ0) is 51.7. The van der Waals surface area contributed by atoms with E-state index in [0.717, 1.165) is 6.54 Å². The summed E-state index contributed by atoms with van der Waals surface area (Å²) in [5, 5.41) is 41.7. The Morgan fingerprint density at radius 1 is 0.986 bits per heavy atom. The molecule has 1 aromatic carbocycles. The lowest BCUT2D eigenvalue weighted by Crippen LogP contribution is -2.51. The zero-order valence-corrected chi connectivity index (χ0v) is 44.4. The minimum atomic E-state index is -2.04. The number of nitrogens with zero attached hydrogens (tertiary/aromatic N) is 3. The first-order valence-electron chi connectivity index (χ1n) is 24.0. The highest BCUT2D eigenvalue weighted by Crippen LogP contribution is 2.50. The highest BCUT2D eigenvalue weighted by atomic mass is 127. The number of phenolic OH excluding ortho intramolecular Hbond substituents is 1. The van der Waals surface area contributed by atoms with Gasteiger partial charge in [-0.1, -0.05) is 82.4 Å². The van der Waals surface area contributed by atoms with E-state index in [1.807, 2.05) is 6.92 Å². The lowest BCUT2D eigenvalue weighted by Gasteiger charge is -2.38. The largest absolute Gasteiger partial charge is 0.507 e. The molecule has 5 N–H and O–H groups in total. The number of likely N-dealkylation sites (tertiary alicyclic amines) is 1. The van der Waals surface area contributed by atoms with Gasteiger partial charge in [-0.2, -0.15) is 0 Å². The molecule has 70 heavy (non-hydrogen) atoms. The summed E-state index contributed by atoms with van der Waals surface area (Å²) in [6, 6.07) is 0. The third-order valence-corrected chi connectivity index (χ3v) is 14.9. The summed E-state index contributed by atoms with van der Waals surface area (Å²) in [4.78, 5) is 79.8. The quantitative estimate of drug-likeness (QED) is 0.0731. The number of phenols is 1. The third-order valence-electron chi connectivity index (χ3n) is 14.5. The Bertz CT molecular complexity index is 2390. The number of fused-ring (bicyclic) bond motifs is 13. The molecular weight excluding hydrogens is 1020 g/mol. The second-order valence-electron chi connectivity index (χ2n) is 19.7. The Kier molecular flexibility index (Phi) is 17.2. The average molecular weight is 1090 g/mol. The fraction of sp³-hybridized carbons (Fsp3) is 0.608. The molecular formula is C51H70IN5O13.